The predicted molar refractivity (Wildman–Crippen MR) is 121 cm³/mol. The summed E-state index contributed by atoms with van der Waals surface area (Å²) in [6, 6.07) is 18.0. The number of carbonyl (C=O) groups is 2. The molecule has 32 heavy (non-hydrogen) atoms. The lowest BCUT2D eigenvalue weighted by atomic mass is 10.1. The fourth-order valence-corrected chi connectivity index (χ4v) is 3.25. The summed E-state index contributed by atoms with van der Waals surface area (Å²) < 4.78 is 16.1. The molecule has 160 valence electrons. The molecule has 4 rings (SSSR count). The van der Waals surface area contributed by atoms with Gasteiger partial charge in [-0.25, -0.2) is 14.6 Å². The minimum atomic E-state index is -0.652. The van der Waals surface area contributed by atoms with E-state index in [1.807, 2.05) is 0 Å². The summed E-state index contributed by atoms with van der Waals surface area (Å²) in [6.45, 7) is 0. The Kier molecular flexibility index (Phi) is 6.25. The Morgan fingerprint density at radius 1 is 0.969 bits per heavy atom. The monoisotopic (exact) mass is 467 g/mol. The molecule has 3 aromatic rings. The van der Waals surface area contributed by atoms with Crippen molar-refractivity contribution in [3.63, 3.8) is 0 Å². The fourth-order valence-electron chi connectivity index (χ4n) is 2.96. The van der Waals surface area contributed by atoms with Gasteiger partial charge < -0.3 is 14.2 Å². The van der Waals surface area contributed by atoms with Crippen LogP contribution in [0.2, 0.25) is 10.0 Å². The van der Waals surface area contributed by atoms with Crippen molar-refractivity contribution in [3.05, 3.63) is 99.2 Å². The molecule has 0 fully saturated rings. The molecule has 0 aliphatic carbocycles. The van der Waals surface area contributed by atoms with Crippen LogP contribution >= 0.6 is 23.2 Å². The van der Waals surface area contributed by atoms with Gasteiger partial charge in [-0.05, 0) is 54.6 Å². The molecular formula is C24H15Cl2NO5. The molecule has 1 aliphatic heterocycles. The van der Waals surface area contributed by atoms with Crippen LogP contribution in [0.5, 0.6) is 11.5 Å². The number of cyclic esters (lactones) is 1. The molecule has 1 heterocycles. The summed E-state index contributed by atoms with van der Waals surface area (Å²) in [5.41, 5.74) is 1.30. The van der Waals surface area contributed by atoms with E-state index in [2.05, 4.69) is 4.99 Å². The largest absolute Gasteiger partial charge is 0.496 e. The van der Waals surface area contributed by atoms with Crippen LogP contribution in [0.1, 0.15) is 21.5 Å². The Hall–Kier alpha value is -3.61. The molecular weight excluding hydrogens is 453 g/mol. The Balaban J connectivity index is 1.64. The second kappa shape index (κ2) is 9.26. The summed E-state index contributed by atoms with van der Waals surface area (Å²) in [6.07, 6.45) is 1.48. The molecule has 0 aromatic heterocycles. The van der Waals surface area contributed by atoms with E-state index in [1.54, 1.807) is 66.7 Å². The quantitative estimate of drug-likeness (QED) is 0.278. The zero-order valence-electron chi connectivity index (χ0n) is 16.7. The van der Waals surface area contributed by atoms with Gasteiger partial charge in [0.15, 0.2) is 5.70 Å². The van der Waals surface area contributed by atoms with E-state index < -0.39 is 11.9 Å². The highest BCUT2D eigenvalue weighted by Crippen LogP contribution is 2.29. The molecule has 1 aliphatic rings. The van der Waals surface area contributed by atoms with Crippen molar-refractivity contribution in [1.29, 1.82) is 0 Å². The van der Waals surface area contributed by atoms with Crippen LogP contribution in [-0.4, -0.2) is 24.9 Å². The number of ether oxygens (including phenoxy) is 3. The van der Waals surface area contributed by atoms with Crippen LogP contribution in [0, 0.1) is 0 Å². The molecule has 0 saturated heterocycles. The predicted octanol–water partition coefficient (Wildman–Crippen LogP) is 5.57. The number of esters is 2. The van der Waals surface area contributed by atoms with Crippen molar-refractivity contribution in [2.24, 2.45) is 4.99 Å². The Labute approximate surface area is 193 Å². The number of nitrogens with zero attached hydrogens (tertiary/aromatic N) is 1. The van der Waals surface area contributed by atoms with Gasteiger partial charge in [0, 0.05) is 15.6 Å². The maximum atomic E-state index is 12.5. The van der Waals surface area contributed by atoms with Crippen LogP contribution in [0.3, 0.4) is 0 Å². The smallest absolute Gasteiger partial charge is 0.363 e. The number of para-hydroxylation sites is 1. The zero-order chi connectivity index (χ0) is 22.7. The number of hydrogen-bond donors (Lipinski definition) is 0. The number of benzene rings is 3. The maximum absolute atomic E-state index is 12.5. The third-order valence-electron chi connectivity index (χ3n) is 4.51. The van der Waals surface area contributed by atoms with Crippen molar-refractivity contribution in [1.82, 2.24) is 0 Å². The molecule has 8 heteroatoms. The van der Waals surface area contributed by atoms with Gasteiger partial charge in [0.2, 0.25) is 5.90 Å². The third kappa shape index (κ3) is 4.66. The van der Waals surface area contributed by atoms with Gasteiger partial charge in [-0.3, -0.25) is 0 Å². The molecule has 3 aromatic carbocycles. The molecule has 0 unspecified atom stereocenters. The summed E-state index contributed by atoms with van der Waals surface area (Å²) in [7, 11) is 1.49. The topological polar surface area (TPSA) is 74.2 Å². The van der Waals surface area contributed by atoms with Crippen molar-refractivity contribution in [2.75, 3.05) is 7.11 Å². The van der Waals surface area contributed by atoms with Crippen LogP contribution in [0.4, 0.5) is 0 Å². The van der Waals surface area contributed by atoms with E-state index in [0.717, 1.165) is 0 Å². The normalized spacial score (nSPS) is 14.2. The number of carbonyl (C=O) groups excluding carboxylic acids is 2. The van der Waals surface area contributed by atoms with E-state index in [9.17, 15) is 9.59 Å². The molecule has 0 spiro atoms. The molecule has 6 nitrogen and oxygen atoms in total. The van der Waals surface area contributed by atoms with Gasteiger partial charge in [0.1, 0.15) is 11.5 Å². The average Bonchev–Trinajstić information content (AvgIpc) is 3.15. The number of aliphatic imine (C=N–C) groups is 1. The maximum Gasteiger partial charge on any atom is 0.363 e. The fraction of sp³-hybridized carbons (Fsp3) is 0.0417. The van der Waals surface area contributed by atoms with Crippen molar-refractivity contribution < 1.29 is 23.8 Å². The second-order valence-corrected chi connectivity index (χ2v) is 7.49. The van der Waals surface area contributed by atoms with E-state index in [-0.39, 0.29) is 17.3 Å². The first-order chi connectivity index (χ1) is 15.4. The van der Waals surface area contributed by atoms with Crippen molar-refractivity contribution >= 4 is 47.1 Å². The van der Waals surface area contributed by atoms with E-state index in [4.69, 9.17) is 37.4 Å². The first-order valence-corrected chi connectivity index (χ1v) is 10.1. The van der Waals surface area contributed by atoms with E-state index >= 15 is 0 Å². The highest BCUT2D eigenvalue weighted by Gasteiger charge is 2.27. The van der Waals surface area contributed by atoms with E-state index in [1.165, 1.54) is 13.2 Å². The Morgan fingerprint density at radius 3 is 2.44 bits per heavy atom. The van der Waals surface area contributed by atoms with Gasteiger partial charge in [-0.2, -0.15) is 0 Å². The van der Waals surface area contributed by atoms with Crippen molar-refractivity contribution in [2.45, 2.75) is 0 Å². The Bertz CT molecular complexity index is 1270. The lowest BCUT2D eigenvalue weighted by Gasteiger charge is -2.07. The lowest BCUT2D eigenvalue weighted by molar-refractivity contribution is -0.129. The highest BCUT2D eigenvalue weighted by molar-refractivity contribution is 6.31. The van der Waals surface area contributed by atoms with Crippen LogP contribution < -0.4 is 9.47 Å². The van der Waals surface area contributed by atoms with Gasteiger partial charge in [0.05, 0.1) is 18.2 Å². The first kappa shape index (κ1) is 21.6. The van der Waals surface area contributed by atoms with Gasteiger partial charge in [0.25, 0.3) is 0 Å². The van der Waals surface area contributed by atoms with Crippen molar-refractivity contribution in [3.8, 4) is 11.5 Å². The average molecular weight is 468 g/mol. The van der Waals surface area contributed by atoms with Gasteiger partial charge in [-0.15, -0.1) is 0 Å². The number of methoxy groups -OCH3 is 1. The van der Waals surface area contributed by atoms with Crippen LogP contribution in [0.15, 0.2) is 77.4 Å². The summed E-state index contributed by atoms with van der Waals surface area (Å²) in [5, 5.41) is 0.952. The molecule has 0 atom stereocenters. The summed E-state index contributed by atoms with van der Waals surface area (Å²) in [4.78, 5) is 29.2. The number of rotatable bonds is 5. The minimum absolute atomic E-state index is 0.0389. The summed E-state index contributed by atoms with van der Waals surface area (Å²) >= 11 is 11.9. The second-order valence-electron chi connectivity index (χ2n) is 6.61. The number of hydrogen-bond acceptors (Lipinski definition) is 6. The van der Waals surface area contributed by atoms with Crippen LogP contribution in [0.25, 0.3) is 6.08 Å². The van der Waals surface area contributed by atoms with Gasteiger partial charge in [-0.1, -0.05) is 41.4 Å². The minimum Gasteiger partial charge on any atom is -0.496 e. The lowest BCUT2D eigenvalue weighted by Crippen LogP contribution is -2.09. The molecule has 0 amide bonds. The van der Waals surface area contributed by atoms with Gasteiger partial charge >= 0.3 is 11.9 Å². The zero-order valence-corrected chi connectivity index (χ0v) is 18.2. The third-order valence-corrected chi connectivity index (χ3v) is 4.99. The highest BCUT2D eigenvalue weighted by atomic mass is 35.5. The SMILES string of the molecule is COc1ccc(Cl)cc1C1=N/C(=C\c2ccccc2OC(=O)c2ccc(Cl)cc2)C(=O)O1. The molecule has 0 bridgehead atoms. The molecule has 0 saturated carbocycles. The van der Waals surface area contributed by atoms with E-state index in [0.29, 0.717) is 32.5 Å². The van der Waals surface area contributed by atoms with Crippen LogP contribution in [-0.2, 0) is 9.53 Å². The number of halogens is 2. The molecule has 0 radical (unpaired) electrons. The molecule has 0 N–H and O–H groups in total. The summed E-state index contributed by atoms with van der Waals surface area (Å²) in [5.74, 6) is -0.428. The Morgan fingerprint density at radius 2 is 1.69 bits per heavy atom. The standard InChI is InChI=1S/C24H15Cl2NO5/c1-30-21-11-10-17(26)13-18(21)22-27-19(24(29)32-22)12-15-4-2-3-5-20(15)31-23(28)14-6-8-16(25)9-7-14/h2-13H,1H3/b19-12-. The first-order valence-electron chi connectivity index (χ1n) is 9.38.